The van der Waals surface area contributed by atoms with Crippen LogP contribution in [-0.4, -0.2) is 22.6 Å². The number of nitrogens with one attached hydrogen (secondary N) is 2. The SMILES string of the molecule is Cc1[nH]ncc1CNC(=O)c1ccccc1C#CCN. The summed E-state index contributed by atoms with van der Waals surface area (Å²) in [6.07, 6.45) is 1.70. The number of hydrogen-bond donors (Lipinski definition) is 3. The fourth-order valence-electron chi connectivity index (χ4n) is 1.76. The summed E-state index contributed by atoms with van der Waals surface area (Å²) in [4.78, 5) is 12.2. The van der Waals surface area contributed by atoms with Crippen molar-refractivity contribution in [1.29, 1.82) is 0 Å². The number of H-pyrrole nitrogens is 1. The number of carbonyl (C=O) groups is 1. The molecular formula is C15H16N4O. The van der Waals surface area contributed by atoms with Gasteiger partial charge in [-0.3, -0.25) is 9.89 Å². The van der Waals surface area contributed by atoms with E-state index in [-0.39, 0.29) is 12.5 Å². The molecule has 0 aliphatic carbocycles. The van der Waals surface area contributed by atoms with Crippen molar-refractivity contribution in [2.45, 2.75) is 13.5 Å². The van der Waals surface area contributed by atoms with E-state index in [1.165, 1.54) is 0 Å². The van der Waals surface area contributed by atoms with Crippen molar-refractivity contribution in [3.8, 4) is 11.8 Å². The molecule has 1 heterocycles. The van der Waals surface area contributed by atoms with Crippen molar-refractivity contribution >= 4 is 5.91 Å². The summed E-state index contributed by atoms with van der Waals surface area (Å²) >= 11 is 0. The topological polar surface area (TPSA) is 83.8 Å². The molecule has 4 N–H and O–H groups in total. The van der Waals surface area contributed by atoms with Crippen LogP contribution in [0.15, 0.2) is 30.5 Å². The van der Waals surface area contributed by atoms with E-state index in [1.54, 1.807) is 18.3 Å². The summed E-state index contributed by atoms with van der Waals surface area (Å²) in [6, 6.07) is 7.21. The van der Waals surface area contributed by atoms with Gasteiger partial charge in [-0.2, -0.15) is 5.10 Å². The van der Waals surface area contributed by atoms with Gasteiger partial charge in [-0.1, -0.05) is 24.0 Å². The molecule has 102 valence electrons. The van der Waals surface area contributed by atoms with Crippen molar-refractivity contribution in [2.75, 3.05) is 6.54 Å². The summed E-state index contributed by atoms with van der Waals surface area (Å²) in [5.74, 6) is 5.51. The molecule has 0 unspecified atom stereocenters. The molecule has 0 atom stereocenters. The largest absolute Gasteiger partial charge is 0.348 e. The predicted molar refractivity (Wildman–Crippen MR) is 76.9 cm³/mol. The average Bonchev–Trinajstić information content (AvgIpc) is 2.88. The lowest BCUT2D eigenvalue weighted by atomic mass is 10.1. The molecule has 1 amide bonds. The van der Waals surface area contributed by atoms with Gasteiger partial charge in [0.25, 0.3) is 5.91 Å². The first-order chi connectivity index (χ1) is 9.72. The number of aromatic nitrogens is 2. The zero-order chi connectivity index (χ0) is 14.4. The fraction of sp³-hybridized carbons (Fsp3) is 0.200. The monoisotopic (exact) mass is 268 g/mol. The minimum absolute atomic E-state index is 0.160. The van der Waals surface area contributed by atoms with Crippen molar-refractivity contribution in [3.05, 3.63) is 52.8 Å². The van der Waals surface area contributed by atoms with Gasteiger partial charge in [0.05, 0.1) is 18.3 Å². The first kappa shape index (κ1) is 13.8. The number of amides is 1. The molecule has 0 fully saturated rings. The van der Waals surface area contributed by atoms with Gasteiger partial charge in [-0.05, 0) is 19.1 Å². The molecule has 20 heavy (non-hydrogen) atoms. The lowest BCUT2D eigenvalue weighted by molar-refractivity contribution is 0.0950. The lowest BCUT2D eigenvalue weighted by Gasteiger charge is -2.06. The number of hydrogen-bond acceptors (Lipinski definition) is 3. The van der Waals surface area contributed by atoms with Crippen LogP contribution >= 0.6 is 0 Å². The highest BCUT2D eigenvalue weighted by atomic mass is 16.1. The summed E-state index contributed by atoms with van der Waals surface area (Å²) < 4.78 is 0. The molecule has 2 aromatic rings. The molecule has 1 aromatic heterocycles. The Morgan fingerprint density at radius 3 is 2.95 bits per heavy atom. The maximum Gasteiger partial charge on any atom is 0.252 e. The van der Waals surface area contributed by atoms with Crippen LogP contribution in [0.2, 0.25) is 0 Å². The average molecular weight is 268 g/mol. The van der Waals surface area contributed by atoms with Crippen LogP contribution in [0, 0.1) is 18.8 Å². The summed E-state index contributed by atoms with van der Waals surface area (Å²) in [5.41, 5.74) is 8.50. The van der Waals surface area contributed by atoms with E-state index in [1.807, 2.05) is 19.1 Å². The Morgan fingerprint density at radius 2 is 2.25 bits per heavy atom. The minimum atomic E-state index is -0.160. The van der Waals surface area contributed by atoms with Crippen LogP contribution in [-0.2, 0) is 6.54 Å². The fourth-order valence-corrected chi connectivity index (χ4v) is 1.76. The highest BCUT2D eigenvalue weighted by Crippen LogP contribution is 2.08. The minimum Gasteiger partial charge on any atom is -0.348 e. The van der Waals surface area contributed by atoms with E-state index < -0.39 is 0 Å². The third-order valence-electron chi connectivity index (χ3n) is 2.87. The molecule has 0 radical (unpaired) electrons. The molecule has 0 bridgehead atoms. The van der Waals surface area contributed by atoms with Crippen LogP contribution in [0.1, 0.15) is 27.2 Å². The van der Waals surface area contributed by atoms with Gasteiger partial charge in [0, 0.05) is 23.4 Å². The lowest BCUT2D eigenvalue weighted by Crippen LogP contribution is -2.23. The zero-order valence-corrected chi connectivity index (χ0v) is 11.2. The van der Waals surface area contributed by atoms with E-state index >= 15 is 0 Å². The quantitative estimate of drug-likeness (QED) is 0.725. The maximum atomic E-state index is 12.2. The number of benzene rings is 1. The Balaban J connectivity index is 2.11. The van der Waals surface area contributed by atoms with E-state index in [4.69, 9.17) is 5.73 Å². The van der Waals surface area contributed by atoms with Gasteiger partial charge in [-0.25, -0.2) is 0 Å². The Morgan fingerprint density at radius 1 is 1.45 bits per heavy atom. The van der Waals surface area contributed by atoms with Crippen molar-refractivity contribution < 1.29 is 4.79 Å². The molecule has 0 saturated carbocycles. The number of carbonyl (C=O) groups excluding carboxylic acids is 1. The molecular weight excluding hydrogens is 252 g/mol. The number of rotatable bonds is 3. The second-order valence-electron chi connectivity index (χ2n) is 4.25. The van der Waals surface area contributed by atoms with Gasteiger partial charge < -0.3 is 11.1 Å². The second kappa shape index (κ2) is 6.55. The molecule has 1 aromatic carbocycles. The molecule has 5 heteroatoms. The third kappa shape index (κ3) is 3.25. The third-order valence-corrected chi connectivity index (χ3v) is 2.87. The maximum absolute atomic E-state index is 12.2. The van der Waals surface area contributed by atoms with E-state index in [2.05, 4.69) is 27.4 Å². The first-order valence-corrected chi connectivity index (χ1v) is 6.27. The Hall–Kier alpha value is -2.58. The van der Waals surface area contributed by atoms with Crippen molar-refractivity contribution in [2.24, 2.45) is 5.73 Å². The normalized spacial score (nSPS) is 9.70. The molecule has 2 rings (SSSR count). The highest BCUT2D eigenvalue weighted by molar-refractivity contribution is 5.96. The molecule has 5 nitrogen and oxygen atoms in total. The van der Waals surface area contributed by atoms with Gasteiger partial charge in [0.15, 0.2) is 0 Å². The van der Waals surface area contributed by atoms with Crippen molar-refractivity contribution in [1.82, 2.24) is 15.5 Å². The number of aromatic amines is 1. The first-order valence-electron chi connectivity index (χ1n) is 6.27. The Bertz CT molecular complexity index is 664. The number of nitrogens with zero attached hydrogens (tertiary/aromatic N) is 1. The number of aryl methyl sites for hydroxylation is 1. The molecule has 0 aliphatic rings. The van der Waals surface area contributed by atoms with E-state index in [0.717, 1.165) is 11.3 Å². The summed E-state index contributed by atoms with van der Waals surface area (Å²) in [5, 5.41) is 9.61. The standard InChI is InChI=1S/C15H16N4O/c1-11-13(10-18-19-11)9-17-15(20)14-7-3-2-5-12(14)6-4-8-16/h2-3,5,7,10H,8-9,16H2,1H3,(H,17,20)(H,18,19). The molecule has 0 spiro atoms. The second-order valence-corrected chi connectivity index (χ2v) is 4.25. The van der Waals surface area contributed by atoms with Crippen LogP contribution in [0.25, 0.3) is 0 Å². The van der Waals surface area contributed by atoms with Gasteiger partial charge in [0.1, 0.15) is 0 Å². The van der Waals surface area contributed by atoms with Crippen LogP contribution in [0.3, 0.4) is 0 Å². The van der Waals surface area contributed by atoms with Crippen LogP contribution in [0.5, 0.6) is 0 Å². The van der Waals surface area contributed by atoms with Gasteiger partial charge in [-0.15, -0.1) is 0 Å². The van der Waals surface area contributed by atoms with Gasteiger partial charge >= 0.3 is 0 Å². The van der Waals surface area contributed by atoms with Crippen LogP contribution in [0.4, 0.5) is 0 Å². The van der Waals surface area contributed by atoms with E-state index in [0.29, 0.717) is 17.7 Å². The highest BCUT2D eigenvalue weighted by Gasteiger charge is 2.10. The number of nitrogens with two attached hydrogens (primary N) is 1. The van der Waals surface area contributed by atoms with Gasteiger partial charge in [0.2, 0.25) is 0 Å². The van der Waals surface area contributed by atoms with E-state index in [9.17, 15) is 4.79 Å². The summed E-state index contributed by atoms with van der Waals surface area (Å²) in [6.45, 7) is 2.61. The molecule has 0 saturated heterocycles. The Labute approximate surface area is 117 Å². The van der Waals surface area contributed by atoms with Crippen molar-refractivity contribution in [3.63, 3.8) is 0 Å². The van der Waals surface area contributed by atoms with Crippen LogP contribution < -0.4 is 11.1 Å². The summed E-state index contributed by atoms with van der Waals surface area (Å²) in [7, 11) is 0. The smallest absolute Gasteiger partial charge is 0.252 e. The molecule has 0 aliphatic heterocycles. The Kier molecular flexibility index (Phi) is 4.53. The zero-order valence-electron chi connectivity index (χ0n) is 11.2. The predicted octanol–water partition coefficient (Wildman–Crippen LogP) is 0.958.